The van der Waals surface area contributed by atoms with Crippen molar-refractivity contribution in [3.05, 3.63) is 35.4 Å². The molecule has 0 bridgehead atoms. The third-order valence-corrected chi connectivity index (χ3v) is 4.85. The normalized spacial score (nSPS) is 17.8. The third kappa shape index (κ3) is 4.29. The Morgan fingerprint density at radius 2 is 1.79 bits per heavy atom. The predicted molar refractivity (Wildman–Crippen MR) is 87.7 cm³/mol. The second-order valence-electron chi connectivity index (χ2n) is 6.89. The third-order valence-electron chi connectivity index (χ3n) is 4.85. The molecule has 1 amide bonds. The van der Waals surface area contributed by atoms with Crippen LogP contribution in [0.4, 0.5) is 13.2 Å². The Kier molecular flexibility index (Phi) is 5.58. The molecule has 3 nitrogen and oxygen atoms in total. The van der Waals surface area contributed by atoms with Crippen molar-refractivity contribution in [2.24, 2.45) is 0 Å². The summed E-state index contributed by atoms with van der Waals surface area (Å²) in [6, 6.07) is 5.11. The number of hydrogen-bond acceptors (Lipinski definition) is 2. The van der Waals surface area contributed by atoms with Gasteiger partial charge in [-0.2, -0.15) is 13.2 Å². The van der Waals surface area contributed by atoms with Crippen molar-refractivity contribution in [2.75, 3.05) is 19.6 Å². The molecule has 134 valence electrons. The summed E-state index contributed by atoms with van der Waals surface area (Å²) in [6.45, 7) is 8.31. The average Bonchev–Trinajstić information content (AvgIpc) is 2.55. The maximum absolute atomic E-state index is 12.9. The molecule has 1 fully saturated rings. The number of halogens is 3. The van der Waals surface area contributed by atoms with Gasteiger partial charge in [0.15, 0.2) is 0 Å². The molecular weight excluding hydrogens is 317 g/mol. The lowest BCUT2D eigenvalue weighted by Crippen LogP contribution is -2.49. The van der Waals surface area contributed by atoms with Gasteiger partial charge in [-0.15, -0.1) is 0 Å². The fourth-order valence-electron chi connectivity index (χ4n) is 2.97. The molecule has 6 heteroatoms. The summed E-state index contributed by atoms with van der Waals surface area (Å²) >= 11 is 0. The number of rotatable bonds is 4. The Hall–Kier alpha value is -1.56. The van der Waals surface area contributed by atoms with Gasteiger partial charge in [0.1, 0.15) is 0 Å². The minimum absolute atomic E-state index is 0.0883. The van der Waals surface area contributed by atoms with E-state index < -0.39 is 17.2 Å². The zero-order valence-corrected chi connectivity index (χ0v) is 14.4. The van der Waals surface area contributed by atoms with E-state index in [0.717, 1.165) is 44.6 Å². The van der Waals surface area contributed by atoms with E-state index in [9.17, 15) is 18.0 Å². The quantitative estimate of drug-likeness (QED) is 0.907. The number of carbonyl (C=O) groups excluding carboxylic acids is 1. The molecule has 0 unspecified atom stereocenters. The summed E-state index contributed by atoms with van der Waals surface area (Å²) in [5, 5.41) is 3.01. The van der Waals surface area contributed by atoms with Crippen molar-refractivity contribution in [1.29, 1.82) is 0 Å². The van der Waals surface area contributed by atoms with Crippen LogP contribution >= 0.6 is 0 Å². The van der Waals surface area contributed by atoms with E-state index in [4.69, 9.17) is 0 Å². The lowest BCUT2D eigenvalue weighted by Gasteiger charge is -2.34. The van der Waals surface area contributed by atoms with Crippen molar-refractivity contribution < 1.29 is 18.0 Å². The maximum atomic E-state index is 12.9. The highest BCUT2D eigenvalue weighted by Crippen LogP contribution is 2.33. The van der Waals surface area contributed by atoms with Crippen molar-refractivity contribution >= 4 is 5.91 Å². The van der Waals surface area contributed by atoms with Crippen LogP contribution < -0.4 is 5.32 Å². The van der Waals surface area contributed by atoms with E-state index in [1.54, 1.807) is 19.9 Å². The van der Waals surface area contributed by atoms with Crippen LogP contribution in [-0.2, 0) is 16.4 Å². The van der Waals surface area contributed by atoms with Gasteiger partial charge in [-0.05, 0) is 44.9 Å². The highest BCUT2D eigenvalue weighted by molar-refractivity contribution is 5.87. The maximum Gasteiger partial charge on any atom is 0.416 e. The second kappa shape index (κ2) is 7.13. The summed E-state index contributed by atoms with van der Waals surface area (Å²) in [6.07, 6.45) is -2.66. The molecule has 2 rings (SSSR count). The number of benzene rings is 1. The Balaban J connectivity index is 2.08. The van der Waals surface area contributed by atoms with E-state index >= 15 is 0 Å². The fraction of sp³-hybridized carbons (Fsp3) is 0.611. The highest BCUT2D eigenvalue weighted by atomic mass is 19.4. The molecule has 0 aromatic heterocycles. The minimum Gasteiger partial charge on any atom is -0.353 e. The van der Waals surface area contributed by atoms with E-state index in [-0.39, 0.29) is 11.9 Å². The summed E-state index contributed by atoms with van der Waals surface area (Å²) in [5.41, 5.74) is -1.36. The lowest BCUT2D eigenvalue weighted by atomic mass is 9.82. The number of hydrogen-bond donors (Lipinski definition) is 1. The molecule has 1 aliphatic rings. The number of nitrogens with one attached hydrogen (secondary N) is 1. The monoisotopic (exact) mass is 342 g/mol. The largest absolute Gasteiger partial charge is 0.416 e. The Labute approximate surface area is 141 Å². The molecule has 0 saturated carbocycles. The van der Waals surface area contributed by atoms with Gasteiger partial charge in [0.25, 0.3) is 0 Å². The first-order valence-corrected chi connectivity index (χ1v) is 8.35. The van der Waals surface area contributed by atoms with Crippen molar-refractivity contribution in [3.63, 3.8) is 0 Å². The minimum atomic E-state index is -4.41. The summed E-state index contributed by atoms with van der Waals surface area (Å²) < 4.78 is 38.7. The Bertz CT molecular complexity index is 576. The van der Waals surface area contributed by atoms with Crippen LogP contribution in [0, 0.1) is 0 Å². The molecule has 1 heterocycles. The first kappa shape index (κ1) is 18.8. The van der Waals surface area contributed by atoms with Crippen LogP contribution in [0.25, 0.3) is 0 Å². The van der Waals surface area contributed by atoms with E-state index in [2.05, 4.69) is 17.1 Å². The Morgan fingerprint density at radius 3 is 2.33 bits per heavy atom. The SMILES string of the molecule is CCN1CCC(NC(=O)C(C)(C)c2cccc(C(F)(F)F)c2)CC1. The van der Waals surface area contributed by atoms with E-state index in [1.807, 2.05) is 0 Å². The van der Waals surface area contributed by atoms with Crippen LogP contribution in [0.15, 0.2) is 24.3 Å². The molecule has 24 heavy (non-hydrogen) atoms. The molecule has 0 radical (unpaired) electrons. The van der Waals surface area contributed by atoms with Gasteiger partial charge in [0.05, 0.1) is 11.0 Å². The molecule has 1 aromatic carbocycles. The first-order valence-electron chi connectivity index (χ1n) is 8.35. The highest BCUT2D eigenvalue weighted by Gasteiger charge is 2.35. The smallest absolute Gasteiger partial charge is 0.353 e. The van der Waals surface area contributed by atoms with Gasteiger partial charge in [-0.1, -0.05) is 25.1 Å². The fourth-order valence-corrected chi connectivity index (χ4v) is 2.97. The predicted octanol–water partition coefficient (Wildman–Crippen LogP) is 3.58. The van der Waals surface area contributed by atoms with Crippen LogP contribution in [0.1, 0.15) is 44.7 Å². The summed E-state index contributed by atoms with van der Waals surface area (Å²) in [5.74, 6) is -0.225. The van der Waals surface area contributed by atoms with Gasteiger partial charge < -0.3 is 10.2 Å². The first-order chi connectivity index (χ1) is 11.1. The molecule has 0 spiro atoms. The second-order valence-corrected chi connectivity index (χ2v) is 6.89. The molecular formula is C18H25F3N2O. The molecule has 0 aliphatic carbocycles. The van der Waals surface area contributed by atoms with E-state index in [0.29, 0.717) is 5.56 Å². The Morgan fingerprint density at radius 1 is 1.21 bits per heavy atom. The summed E-state index contributed by atoms with van der Waals surface area (Å²) in [7, 11) is 0. The van der Waals surface area contributed by atoms with Crippen molar-refractivity contribution in [1.82, 2.24) is 10.2 Å². The topological polar surface area (TPSA) is 32.3 Å². The lowest BCUT2D eigenvalue weighted by molar-refractivity contribution is -0.138. The number of likely N-dealkylation sites (tertiary alicyclic amines) is 1. The van der Waals surface area contributed by atoms with Gasteiger partial charge in [-0.25, -0.2) is 0 Å². The van der Waals surface area contributed by atoms with Crippen LogP contribution in [0.5, 0.6) is 0 Å². The van der Waals surface area contributed by atoms with Crippen LogP contribution in [0.3, 0.4) is 0 Å². The molecule has 1 saturated heterocycles. The standard InChI is InChI=1S/C18H25F3N2O/c1-4-23-10-8-15(9-11-23)22-16(24)17(2,3)13-6-5-7-14(12-13)18(19,20)21/h5-7,12,15H,4,8-11H2,1-3H3,(H,22,24). The van der Waals surface area contributed by atoms with Crippen LogP contribution in [0.2, 0.25) is 0 Å². The number of amides is 1. The van der Waals surface area contributed by atoms with Gasteiger partial charge in [0, 0.05) is 19.1 Å². The van der Waals surface area contributed by atoms with Crippen LogP contribution in [-0.4, -0.2) is 36.5 Å². The molecule has 0 atom stereocenters. The zero-order chi connectivity index (χ0) is 18.0. The molecule has 1 aliphatic heterocycles. The van der Waals surface area contributed by atoms with E-state index in [1.165, 1.54) is 6.07 Å². The number of carbonyl (C=O) groups is 1. The number of piperidine rings is 1. The van der Waals surface area contributed by atoms with Crippen molar-refractivity contribution in [3.8, 4) is 0 Å². The van der Waals surface area contributed by atoms with Gasteiger partial charge in [-0.3, -0.25) is 4.79 Å². The molecule has 1 aromatic rings. The average molecular weight is 342 g/mol. The summed E-state index contributed by atoms with van der Waals surface area (Å²) in [4.78, 5) is 15.0. The molecule has 1 N–H and O–H groups in total. The van der Waals surface area contributed by atoms with Crippen molar-refractivity contribution in [2.45, 2.75) is 51.2 Å². The number of nitrogens with zero attached hydrogens (tertiary/aromatic N) is 1. The zero-order valence-electron chi connectivity index (χ0n) is 14.4. The van der Waals surface area contributed by atoms with Gasteiger partial charge >= 0.3 is 6.18 Å². The van der Waals surface area contributed by atoms with Gasteiger partial charge in [0.2, 0.25) is 5.91 Å². The number of alkyl halides is 3.